The number of piperidine rings is 1. The van der Waals surface area contributed by atoms with Gasteiger partial charge >= 0.3 is 5.97 Å². The maximum Gasteiger partial charge on any atom is 0.371 e. The van der Waals surface area contributed by atoms with Crippen molar-refractivity contribution in [2.45, 2.75) is 69.5 Å². The fourth-order valence-corrected chi connectivity index (χ4v) is 6.57. The molecule has 1 aliphatic carbocycles. The molecule has 4 N–H and O–H groups in total. The molecule has 206 valence electrons. The zero-order valence-corrected chi connectivity index (χ0v) is 21.6. The number of carboxylic acid groups (broad SMARTS) is 1. The van der Waals surface area contributed by atoms with Crippen molar-refractivity contribution in [2.75, 3.05) is 31.6 Å². The number of carboxylic acids is 1. The lowest BCUT2D eigenvalue weighted by molar-refractivity contribution is -0.142. The molecule has 1 aromatic heterocycles. The molecule has 5 rings (SSSR count). The minimum Gasteiger partial charge on any atom is -0.475 e. The van der Waals surface area contributed by atoms with E-state index in [1.54, 1.807) is 23.1 Å². The van der Waals surface area contributed by atoms with Crippen LogP contribution < -0.4 is 11.1 Å². The lowest BCUT2D eigenvalue weighted by Gasteiger charge is -2.38. The first-order valence-electron chi connectivity index (χ1n) is 13.8. The molecular weight excluding hydrogens is 491 g/mol. The van der Waals surface area contributed by atoms with Crippen LogP contribution in [-0.4, -0.2) is 77.1 Å². The highest BCUT2D eigenvalue weighted by molar-refractivity contribution is 6.00. The van der Waals surface area contributed by atoms with Crippen molar-refractivity contribution < 1.29 is 28.3 Å². The zero-order valence-electron chi connectivity index (χ0n) is 21.6. The van der Waals surface area contributed by atoms with E-state index in [2.05, 4.69) is 10.2 Å². The number of hydrogen-bond donors (Lipinski definition) is 3. The number of hydrogen-bond acceptors (Lipinski definition) is 6. The van der Waals surface area contributed by atoms with Gasteiger partial charge in [-0.15, -0.1) is 0 Å². The van der Waals surface area contributed by atoms with Crippen molar-refractivity contribution in [3.05, 3.63) is 30.0 Å². The second kappa shape index (κ2) is 11.4. The fourth-order valence-electron chi connectivity index (χ4n) is 6.57. The Morgan fingerprint density at radius 3 is 2.47 bits per heavy atom. The number of aromatic carboxylic acids is 1. The van der Waals surface area contributed by atoms with E-state index in [0.29, 0.717) is 36.0 Å². The van der Waals surface area contributed by atoms with Gasteiger partial charge in [0.25, 0.3) is 0 Å². The van der Waals surface area contributed by atoms with Crippen LogP contribution in [0.25, 0.3) is 11.0 Å². The number of nitrogens with zero attached hydrogens (tertiary/aromatic N) is 2. The van der Waals surface area contributed by atoms with E-state index < -0.39 is 24.7 Å². The molecule has 3 aliphatic rings. The zero-order chi connectivity index (χ0) is 26.8. The molecule has 2 saturated heterocycles. The van der Waals surface area contributed by atoms with Crippen molar-refractivity contribution in [3.63, 3.8) is 0 Å². The normalized spacial score (nSPS) is 27.4. The minimum absolute atomic E-state index is 0.00770. The second-order valence-electron chi connectivity index (χ2n) is 11.0. The van der Waals surface area contributed by atoms with Crippen LogP contribution >= 0.6 is 0 Å². The van der Waals surface area contributed by atoms with E-state index in [1.165, 1.54) is 12.5 Å². The molecule has 1 saturated carbocycles. The van der Waals surface area contributed by atoms with Crippen LogP contribution in [0.15, 0.2) is 28.7 Å². The first-order chi connectivity index (χ1) is 18.4. The number of carbonyl (C=O) groups is 3. The quantitative estimate of drug-likeness (QED) is 0.501. The molecule has 38 heavy (non-hydrogen) atoms. The van der Waals surface area contributed by atoms with Gasteiger partial charge in [-0.3, -0.25) is 14.5 Å². The molecule has 2 amide bonds. The lowest BCUT2D eigenvalue weighted by atomic mass is 9.78. The lowest BCUT2D eigenvalue weighted by Crippen LogP contribution is -2.55. The number of amides is 2. The van der Waals surface area contributed by atoms with Gasteiger partial charge in [0.2, 0.25) is 17.6 Å². The monoisotopic (exact) mass is 528 g/mol. The second-order valence-corrected chi connectivity index (χ2v) is 11.0. The fraction of sp³-hybridized carbons (Fsp3) is 0.607. The Morgan fingerprint density at radius 1 is 1.05 bits per heavy atom. The average Bonchev–Trinajstić information content (AvgIpc) is 3.58. The Hall–Kier alpha value is -2.98. The maximum absolute atomic E-state index is 13.8. The van der Waals surface area contributed by atoms with E-state index in [-0.39, 0.29) is 35.5 Å². The van der Waals surface area contributed by atoms with Crippen LogP contribution in [-0.2, 0) is 9.59 Å². The number of halogens is 1. The number of anilines is 1. The van der Waals surface area contributed by atoms with Crippen molar-refractivity contribution in [2.24, 2.45) is 17.6 Å². The number of alkyl halides is 1. The SMILES string of the molecule is N[C@H](CF)C1CCC(C(=O)N2CC[C@@H](N3CCCCC3)[C@H]2C(=O)Nc2ccc3oc(C(=O)O)cc3c2)CC1. The third-order valence-electron chi connectivity index (χ3n) is 8.68. The number of furan rings is 1. The molecule has 9 nitrogen and oxygen atoms in total. The molecule has 3 fully saturated rings. The number of benzene rings is 1. The number of likely N-dealkylation sites (tertiary alicyclic amines) is 2. The number of rotatable bonds is 7. The summed E-state index contributed by atoms with van der Waals surface area (Å²) in [6, 6.07) is 5.31. The van der Waals surface area contributed by atoms with Crippen molar-refractivity contribution in [1.82, 2.24) is 9.80 Å². The van der Waals surface area contributed by atoms with Gasteiger partial charge in [-0.1, -0.05) is 6.42 Å². The van der Waals surface area contributed by atoms with Gasteiger partial charge in [-0.25, -0.2) is 9.18 Å². The summed E-state index contributed by atoms with van der Waals surface area (Å²) in [6.07, 6.45) is 6.88. The van der Waals surface area contributed by atoms with Crippen molar-refractivity contribution in [3.8, 4) is 0 Å². The Morgan fingerprint density at radius 2 is 1.79 bits per heavy atom. The first-order valence-corrected chi connectivity index (χ1v) is 13.8. The van der Waals surface area contributed by atoms with Crippen LogP contribution in [0.2, 0.25) is 0 Å². The van der Waals surface area contributed by atoms with Gasteiger partial charge in [0.15, 0.2) is 0 Å². The van der Waals surface area contributed by atoms with Gasteiger partial charge in [0.05, 0.1) is 0 Å². The van der Waals surface area contributed by atoms with E-state index in [4.69, 9.17) is 10.2 Å². The molecule has 2 aliphatic heterocycles. The molecule has 0 radical (unpaired) electrons. The van der Waals surface area contributed by atoms with Crippen LogP contribution in [0.5, 0.6) is 0 Å². The van der Waals surface area contributed by atoms with Gasteiger partial charge in [-0.05, 0) is 88.2 Å². The minimum atomic E-state index is -1.16. The molecule has 0 unspecified atom stereocenters. The van der Waals surface area contributed by atoms with Crippen LogP contribution in [0.1, 0.15) is 61.9 Å². The van der Waals surface area contributed by atoms with Gasteiger partial charge in [-0.2, -0.15) is 0 Å². The highest BCUT2D eigenvalue weighted by Gasteiger charge is 2.46. The van der Waals surface area contributed by atoms with Crippen LogP contribution in [0.4, 0.5) is 10.1 Å². The third-order valence-corrected chi connectivity index (χ3v) is 8.68. The summed E-state index contributed by atoms with van der Waals surface area (Å²) in [4.78, 5) is 42.9. The third kappa shape index (κ3) is 5.42. The number of carbonyl (C=O) groups excluding carboxylic acids is 2. The molecule has 0 spiro atoms. The Labute approximate surface area is 221 Å². The van der Waals surface area contributed by atoms with Crippen LogP contribution in [0, 0.1) is 11.8 Å². The summed E-state index contributed by atoms with van der Waals surface area (Å²) >= 11 is 0. The Kier molecular flexibility index (Phi) is 7.99. The van der Waals surface area contributed by atoms with Crippen LogP contribution in [0.3, 0.4) is 0 Å². The summed E-state index contributed by atoms with van der Waals surface area (Å²) in [5, 5.41) is 12.8. The Bertz CT molecular complexity index is 1170. The molecule has 1 aromatic carbocycles. The van der Waals surface area contributed by atoms with Gasteiger partial charge in [0, 0.05) is 35.6 Å². The number of fused-ring (bicyclic) bond motifs is 1. The van der Waals surface area contributed by atoms with E-state index in [1.807, 2.05) is 0 Å². The van der Waals surface area contributed by atoms with Gasteiger partial charge < -0.3 is 25.5 Å². The molecule has 2 aromatic rings. The molecular formula is C28H37FN4O5. The average molecular weight is 529 g/mol. The molecule has 3 atom stereocenters. The van der Waals surface area contributed by atoms with Gasteiger partial charge in [0.1, 0.15) is 18.3 Å². The molecule has 3 heterocycles. The summed E-state index contributed by atoms with van der Waals surface area (Å²) in [6.45, 7) is 1.82. The highest BCUT2D eigenvalue weighted by Crippen LogP contribution is 2.35. The van der Waals surface area contributed by atoms with E-state index in [0.717, 1.165) is 45.2 Å². The number of nitrogens with one attached hydrogen (secondary N) is 1. The smallest absolute Gasteiger partial charge is 0.371 e. The topological polar surface area (TPSA) is 129 Å². The van der Waals surface area contributed by atoms with E-state index >= 15 is 0 Å². The Balaban J connectivity index is 1.34. The predicted molar refractivity (Wildman–Crippen MR) is 141 cm³/mol. The summed E-state index contributed by atoms with van der Waals surface area (Å²) in [7, 11) is 0. The predicted octanol–water partition coefficient (Wildman–Crippen LogP) is 3.63. The molecule has 0 bridgehead atoms. The standard InChI is InChI=1S/C28H37FN4O5/c29-16-21(30)17-4-6-18(7-5-17)27(35)33-13-10-22(32-11-2-1-3-12-32)25(33)26(34)31-20-8-9-23-19(14-20)15-24(38-23)28(36)37/h8-9,14-15,17-18,21-22,25H,1-7,10-13,16,30H2,(H,31,34)(H,36,37)/t17?,18?,21-,22-,25+/m1/s1. The van der Waals surface area contributed by atoms with Crippen molar-refractivity contribution >= 4 is 34.4 Å². The number of nitrogens with two attached hydrogens (primary N) is 1. The van der Waals surface area contributed by atoms with Crippen molar-refractivity contribution in [1.29, 1.82) is 0 Å². The first kappa shape index (κ1) is 26.6. The summed E-state index contributed by atoms with van der Waals surface area (Å²) < 4.78 is 18.4. The van der Waals surface area contributed by atoms with E-state index in [9.17, 15) is 23.9 Å². The highest BCUT2D eigenvalue weighted by atomic mass is 19.1. The molecule has 10 heteroatoms. The summed E-state index contributed by atoms with van der Waals surface area (Å²) in [5.74, 6) is -1.62. The maximum atomic E-state index is 13.8. The largest absolute Gasteiger partial charge is 0.475 e. The summed E-state index contributed by atoms with van der Waals surface area (Å²) in [5.41, 5.74) is 6.86.